The zero-order chi connectivity index (χ0) is 17.6. The quantitative estimate of drug-likeness (QED) is 0.860. The molecule has 0 aromatic heterocycles. The van der Waals surface area contributed by atoms with Crippen molar-refractivity contribution in [2.24, 2.45) is 5.92 Å². The topological polar surface area (TPSA) is 53.0 Å². The Kier molecular flexibility index (Phi) is 6.32. The molecule has 0 bridgehead atoms. The first-order chi connectivity index (χ1) is 12.2. The van der Waals surface area contributed by atoms with E-state index in [-0.39, 0.29) is 0 Å². The number of hydrogen-bond donors (Lipinski definition) is 1. The minimum Gasteiger partial charge on any atom is -0.497 e. The Labute approximate surface area is 150 Å². The van der Waals surface area contributed by atoms with E-state index < -0.39 is 6.10 Å². The van der Waals surface area contributed by atoms with Gasteiger partial charge in [0, 0.05) is 26.1 Å². The van der Waals surface area contributed by atoms with Crippen molar-refractivity contribution in [3.63, 3.8) is 0 Å². The summed E-state index contributed by atoms with van der Waals surface area (Å²) in [5.41, 5.74) is 0.903. The van der Waals surface area contributed by atoms with Gasteiger partial charge in [-0.05, 0) is 62.4 Å². The zero-order valence-corrected chi connectivity index (χ0v) is 15.2. The van der Waals surface area contributed by atoms with E-state index in [0.717, 1.165) is 69.6 Å². The molecule has 2 aliphatic rings. The van der Waals surface area contributed by atoms with Gasteiger partial charge in [0.2, 0.25) is 5.91 Å². The van der Waals surface area contributed by atoms with Crippen LogP contribution in [0, 0.1) is 5.92 Å². The van der Waals surface area contributed by atoms with Crippen LogP contribution >= 0.6 is 0 Å². The first kappa shape index (κ1) is 18.2. The number of amides is 1. The van der Waals surface area contributed by atoms with Gasteiger partial charge in [0.05, 0.1) is 13.2 Å². The molecule has 5 nitrogen and oxygen atoms in total. The summed E-state index contributed by atoms with van der Waals surface area (Å²) in [5, 5.41) is 10.5. The van der Waals surface area contributed by atoms with Gasteiger partial charge in [-0.25, -0.2) is 0 Å². The van der Waals surface area contributed by atoms with Crippen LogP contribution in [0.15, 0.2) is 24.3 Å². The van der Waals surface area contributed by atoms with Gasteiger partial charge in [0.15, 0.2) is 0 Å². The smallest absolute Gasteiger partial charge is 0.222 e. The van der Waals surface area contributed by atoms with E-state index >= 15 is 0 Å². The molecule has 1 aromatic rings. The Morgan fingerprint density at radius 2 is 2.04 bits per heavy atom. The number of benzene rings is 1. The molecule has 5 heteroatoms. The maximum atomic E-state index is 12.0. The number of aliphatic hydroxyl groups is 1. The summed E-state index contributed by atoms with van der Waals surface area (Å²) in [6, 6.07) is 7.66. The summed E-state index contributed by atoms with van der Waals surface area (Å²) in [6.07, 6.45) is 4.65. The van der Waals surface area contributed by atoms with E-state index in [1.54, 1.807) is 7.11 Å². The van der Waals surface area contributed by atoms with Crippen LogP contribution in [-0.2, 0) is 4.79 Å². The molecule has 1 aromatic carbocycles. The van der Waals surface area contributed by atoms with Crippen molar-refractivity contribution in [2.75, 3.05) is 39.8 Å². The molecule has 0 radical (unpaired) electrons. The molecule has 138 valence electrons. The van der Waals surface area contributed by atoms with Gasteiger partial charge in [-0.15, -0.1) is 0 Å². The molecular weight excluding hydrogens is 316 g/mol. The molecule has 1 unspecified atom stereocenters. The number of carbonyl (C=O) groups excluding carboxylic acids is 1. The van der Waals surface area contributed by atoms with Crippen LogP contribution in [0.25, 0.3) is 0 Å². The van der Waals surface area contributed by atoms with E-state index in [0.29, 0.717) is 18.4 Å². The summed E-state index contributed by atoms with van der Waals surface area (Å²) in [4.78, 5) is 16.4. The highest BCUT2D eigenvalue weighted by atomic mass is 16.5. The first-order valence-electron chi connectivity index (χ1n) is 9.48. The standard InChI is InChI=1S/C20H30N2O3/c1-25-18-6-4-5-17(13-18)19(23)15-21-11-8-16(9-12-21)14-22-10-3-2-7-20(22)24/h4-6,13,16,19,23H,2-3,7-12,14-15H2,1H3. The Morgan fingerprint density at radius 3 is 2.76 bits per heavy atom. The number of likely N-dealkylation sites (tertiary alicyclic amines) is 2. The molecule has 0 saturated carbocycles. The van der Waals surface area contributed by atoms with Crippen LogP contribution in [0.3, 0.4) is 0 Å². The Morgan fingerprint density at radius 1 is 1.24 bits per heavy atom. The van der Waals surface area contributed by atoms with Crippen molar-refractivity contribution in [3.05, 3.63) is 29.8 Å². The van der Waals surface area contributed by atoms with Crippen LogP contribution in [-0.4, -0.2) is 60.6 Å². The zero-order valence-electron chi connectivity index (χ0n) is 15.2. The summed E-state index contributed by atoms with van der Waals surface area (Å²) < 4.78 is 5.23. The second-order valence-electron chi connectivity index (χ2n) is 7.33. The van der Waals surface area contributed by atoms with Gasteiger partial charge in [-0.1, -0.05) is 12.1 Å². The maximum absolute atomic E-state index is 12.0. The maximum Gasteiger partial charge on any atom is 0.222 e. The summed E-state index contributed by atoms with van der Waals surface area (Å²) >= 11 is 0. The number of nitrogens with zero attached hydrogens (tertiary/aromatic N) is 2. The van der Waals surface area contributed by atoms with Crippen LogP contribution in [0.4, 0.5) is 0 Å². The van der Waals surface area contributed by atoms with E-state index in [1.165, 1.54) is 0 Å². The number of ether oxygens (including phenoxy) is 1. The van der Waals surface area contributed by atoms with Crippen molar-refractivity contribution in [2.45, 2.75) is 38.2 Å². The van der Waals surface area contributed by atoms with Gasteiger partial charge >= 0.3 is 0 Å². The molecule has 2 heterocycles. The predicted octanol–water partition coefficient (Wildman–Crippen LogP) is 2.45. The van der Waals surface area contributed by atoms with Gasteiger partial charge in [-0.2, -0.15) is 0 Å². The highest BCUT2D eigenvalue weighted by Crippen LogP contribution is 2.24. The third-order valence-electron chi connectivity index (χ3n) is 5.52. The van der Waals surface area contributed by atoms with Crippen molar-refractivity contribution in [1.29, 1.82) is 0 Å². The number of hydrogen-bond acceptors (Lipinski definition) is 4. The molecule has 25 heavy (non-hydrogen) atoms. The fourth-order valence-electron chi connectivity index (χ4n) is 3.92. The minimum atomic E-state index is -0.490. The normalized spacial score (nSPS) is 21.4. The second-order valence-corrected chi connectivity index (χ2v) is 7.33. The van der Waals surface area contributed by atoms with E-state index in [1.807, 2.05) is 24.3 Å². The molecule has 0 spiro atoms. The van der Waals surface area contributed by atoms with Crippen molar-refractivity contribution in [1.82, 2.24) is 9.80 Å². The van der Waals surface area contributed by atoms with Crippen molar-refractivity contribution in [3.8, 4) is 5.75 Å². The lowest BCUT2D eigenvalue weighted by Crippen LogP contribution is -2.43. The van der Waals surface area contributed by atoms with Crippen molar-refractivity contribution >= 4 is 5.91 Å². The summed E-state index contributed by atoms with van der Waals surface area (Å²) in [6.45, 7) is 4.50. The fourth-order valence-corrected chi connectivity index (χ4v) is 3.92. The van der Waals surface area contributed by atoms with Gasteiger partial charge in [0.25, 0.3) is 0 Å². The Bertz CT molecular complexity index is 570. The molecule has 3 rings (SSSR count). The summed E-state index contributed by atoms with van der Waals surface area (Å²) in [7, 11) is 1.64. The number of piperidine rings is 2. The van der Waals surface area contributed by atoms with Gasteiger partial charge < -0.3 is 19.6 Å². The Hall–Kier alpha value is -1.59. The van der Waals surface area contributed by atoms with Gasteiger partial charge in [0.1, 0.15) is 5.75 Å². The minimum absolute atomic E-state index is 0.335. The molecule has 2 saturated heterocycles. The third-order valence-corrected chi connectivity index (χ3v) is 5.52. The van der Waals surface area contributed by atoms with E-state index in [9.17, 15) is 9.90 Å². The van der Waals surface area contributed by atoms with Crippen LogP contribution in [0.2, 0.25) is 0 Å². The summed E-state index contributed by atoms with van der Waals surface area (Å²) in [5.74, 6) is 1.72. The molecule has 0 aliphatic carbocycles. The highest BCUT2D eigenvalue weighted by molar-refractivity contribution is 5.76. The van der Waals surface area contributed by atoms with E-state index in [2.05, 4.69) is 9.80 Å². The largest absolute Gasteiger partial charge is 0.497 e. The first-order valence-corrected chi connectivity index (χ1v) is 9.48. The second kappa shape index (κ2) is 8.68. The van der Waals surface area contributed by atoms with Gasteiger partial charge in [-0.3, -0.25) is 4.79 Å². The lowest BCUT2D eigenvalue weighted by molar-refractivity contribution is -0.134. The van der Waals surface area contributed by atoms with Crippen molar-refractivity contribution < 1.29 is 14.6 Å². The lowest BCUT2D eigenvalue weighted by atomic mass is 9.94. The molecule has 1 amide bonds. The molecule has 1 atom stereocenters. The van der Waals surface area contributed by atoms with Crippen LogP contribution in [0.1, 0.15) is 43.8 Å². The van der Waals surface area contributed by atoms with E-state index in [4.69, 9.17) is 4.74 Å². The predicted molar refractivity (Wildman–Crippen MR) is 97.5 cm³/mol. The monoisotopic (exact) mass is 346 g/mol. The lowest BCUT2D eigenvalue weighted by Gasteiger charge is -2.36. The van der Waals surface area contributed by atoms with Crippen LogP contribution < -0.4 is 4.74 Å². The average Bonchev–Trinajstić information content (AvgIpc) is 2.65. The van der Waals surface area contributed by atoms with Crippen LogP contribution in [0.5, 0.6) is 5.75 Å². The number of carbonyl (C=O) groups is 1. The number of methoxy groups -OCH3 is 1. The SMILES string of the molecule is COc1cccc(C(O)CN2CCC(CN3CCCCC3=O)CC2)c1. The third kappa shape index (κ3) is 4.95. The fraction of sp³-hybridized carbons (Fsp3) is 0.650. The number of rotatable bonds is 6. The Balaban J connectivity index is 1.44. The number of aliphatic hydroxyl groups excluding tert-OH is 1. The molecular formula is C20H30N2O3. The molecule has 1 N–H and O–H groups in total. The highest BCUT2D eigenvalue weighted by Gasteiger charge is 2.26. The number of β-amino-alcohol motifs (C(OH)–C–C–N with tert-alkyl or cyclic N) is 1. The molecule has 2 fully saturated rings. The average molecular weight is 346 g/mol. The molecule has 2 aliphatic heterocycles.